The van der Waals surface area contributed by atoms with Gasteiger partial charge in [-0.25, -0.2) is 0 Å². The number of ether oxygens (including phenoxy) is 1. The fraction of sp³-hybridized carbons (Fsp3) is 0.943. The van der Waals surface area contributed by atoms with Crippen LogP contribution in [0.25, 0.3) is 0 Å². The van der Waals surface area contributed by atoms with E-state index < -0.39 is 0 Å². The minimum atomic E-state index is -0.0442. The smallest absolute Gasteiger partial charge is 0.305 e. The first-order chi connectivity index (χ1) is 18.6. The summed E-state index contributed by atoms with van der Waals surface area (Å²) >= 11 is 0. The van der Waals surface area contributed by atoms with Gasteiger partial charge < -0.3 is 4.74 Å². The largest absolute Gasteiger partial charge is 0.466 e. The van der Waals surface area contributed by atoms with Crippen LogP contribution < -0.4 is 0 Å². The van der Waals surface area contributed by atoms with Gasteiger partial charge in [-0.1, -0.05) is 156 Å². The van der Waals surface area contributed by atoms with E-state index in [-0.39, 0.29) is 5.97 Å². The van der Waals surface area contributed by atoms with Crippen LogP contribution in [0.4, 0.5) is 0 Å². The number of hydrogen-bond acceptors (Lipinski definition) is 3. The Bertz CT molecular complexity index is 485. The van der Waals surface area contributed by atoms with Crippen molar-refractivity contribution in [1.82, 2.24) is 0 Å². The van der Waals surface area contributed by atoms with Crippen LogP contribution in [-0.4, -0.2) is 18.4 Å². The summed E-state index contributed by atoms with van der Waals surface area (Å²) in [6.07, 6.45) is 33.3. The number of hydrogen-bond donors (Lipinski definition) is 0. The lowest BCUT2D eigenvalue weighted by atomic mass is 9.91. The van der Waals surface area contributed by atoms with Crippen LogP contribution in [0.2, 0.25) is 0 Å². The SMILES string of the molecule is CCCCCCCCCC(=O)CCCCCC(=O)OCCC(CCCCCCCC)CCCCCCCC. The Morgan fingerprint density at radius 1 is 0.447 bits per heavy atom. The van der Waals surface area contributed by atoms with Crippen LogP contribution in [0.3, 0.4) is 0 Å². The van der Waals surface area contributed by atoms with Gasteiger partial charge in [0.25, 0.3) is 0 Å². The Hall–Kier alpha value is -0.860. The van der Waals surface area contributed by atoms with Crippen molar-refractivity contribution >= 4 is 11.8 Å². The molecule has 0 aromatic carbocycles. The molecular formula is C35H68O3. The van der Waals surface area contributed by atoms with Crippen molar-refractivity contribution in [3.8, 4) is 0 Å². The van der Waals surface area contributed by atoms with E-state index >= 15 is 0 Å². The average molecular weight is 537 g/mol. The number of carbonyl (C=O) groups is 2. The fourth-order valence-electron chi connectivity index (χ4n) is 5.44. The van der Waals surface area contributed by atoms with Crippen LogP contribution in [0.15, 0.2) is 0 Å². The molecule has 0 fully saturated rings. The Morgan fingerprint density at radius 2 is 0.816 bits per heavy atom. The van der Waals surface area contributed by atoms with Crippen LogP contribution in [0.1, 0.15) is 201 Å². The van der Waals surface area contributed by atoms with Crippen LogP contribution in [0.5, 0.6) is 0 Å². The first-order valence-electron chi connectivity index (χ1n) is 17.3. The maximum Gasteiger partial charge on any atom is 0.305 e. The fourth-order valence-corrected chi connectivity index (χ4v) is 5.44. The molecule has 0 bridgehead atoms. The molecule has 226 valence electrons. The van der Waals surface area contributed by atoms with Gasteiger partial charge in [-0.05, 0) is 31.6 Å². The van der Waals surface area contributed by atoms with Crippen molar-refractivity contribution in [1.29, 1.82) is 0 Å². The maximum absolute atomic E-state index is 12.2. The zero-order valence-electron chi connectivity index (χ0n) is 26.3. The molecule has 0 aliphatic rings. The van der Waals surface area contributed by atoms with Crippen molar-refractivity contribution in [3.05, 3.63) is 0 Å². The van der Waals surface area contributed by atoms with Crippen molar-refractivity contribution in [2.75, 3.05) is 6.61 Å². The van der Waals surface area contributed by atoms with Crippen LogP contribution in [-0.2, 0) is 14.3 Å². The van der Waals surface area contributed by atoms with Gasteiger partial charge in [-0.15, -0.1) is 0 Å². The molecule has 0 saturated heterocycles. The molecule has 0 amide bonds. The summed E-state index contributed by atoms with van der Waals surface area (Å²) < 4.78 is 5.61. The van der Waals surface area contributed by atoms with E-state index in [2.05, 4.69) is 20.8 Å². The third-order valence-corrected chi connectivity index (χ3v) is 8.12. The highest BCUT2D eigenvalue weighted by Gasteiger charge is 2.11. The van der Waals surface area contributed by atoms with E-state index in [1.807, 2.05) is 0 Å². The molecular weight excluding hydrogens is 468 g/mol. The Labute approximate surface area is 239 Å². The van der Waals surface area contributed by atoms with Gasteiger partial charge in [0.15, 0.2) is 0 Å². The van der Waals surface area contributed by atoms with Gasteiger partial charge in [0.2, 0.25) is 0 Å². The molecule has 3 heteroatoms. The molecule has 0 atom stereocenters. The normalized spacial score (nSPS) is 11.4. The minimum Gasteiger partial charge on any atom is -0.466 e. The number of esters is 1. The van der Waals surface area contributed by atoms with Gasteiger partial charge in [0.1, 0.15) is 5.78 Å². The van der Waals surface area contributed by atoms with Crippen molar-refractivity contribution < 1.29 is 14.3 Å². The van der Waals surface area contributed by atoms with E-state index in [9.17, 15) is 9.59 Å². The Balaban J connectivity index is 3.88. The van der Waals surface area contributed by atoms with Crippen LogP contribution in [0, 0.1) is 5.92 Å². The zero-order valence-corrected chi connectivity index (χ0v) is 26.3. The summed E-state index contributed by atoms with van der Waals surface area (Å²) in [6.45, 7) is 7.38. The quantitative estimate of drug-likeness (QED) is 0.0653. The summed E-state index contributed by atoms with van der Waals surface area (Å²) in [5.41, 5.74) is 0. The number of ketones is 1. The van der Waals surface area contributed by atoms with Crippen molar-refractivity contribution in [3.63, 3.8) is 0 Å². The summed E-state index contributed by atoms with van der Waals surface area (Å²) in [5, 5.41) is 0. The van der Waals surface area contributed by atoms with Gasteiger partial charge in [0, 0.05) is 19.3 Å². The first kappa shape index (κ1) is 37.1. The number of carbonyl (C=O) groups excluding carboxylic acids is 2. The van der Waals surface area contributed by atoms with Crippen LogP contribution >= 0.6 is 0 Å². The lowest BCUT2D eigenvalue weighted by Gasteiger charge is -2.17. The van der Waals surface area contributed by atoms with Gasteiger partial charge in [-0.2, -0.15) is 0 Å². The lowest BCUT2D eigenvalue weighted by molar-refractivity contribution is -0.144. The molecule has 0 heterocycles. The Kier molecular flexibility index (Phi) is 30.0. The molecule has 0 radical (unpaired) electrons. The second-order valence-corrected chi connectivity index (χ2v) is 12.0. The summed E-state index contributed by atoms with van der Waals surface area (Å²) in [7, 11) is 0. The number of rotatable bonds is 31. The molecule has 3 nitrogen and oxygen atoms in total. The van der Waals surface area contributed by atoms with Gasteiger partial charge in [0.05, 0.1) is 6.61 Å². The molecule has 0 spiro atoms. The van der Waals surface area contributed by atoms with E-state index in [1.165, 1.54) is 128 Å². The summed E-state index contributed by atoms with van der Waals surface area (Å²) in [6, 6.07) is 0. The van der Waals surface area contributed by atoms with E-state index in [1.54, 1.807) is 0 Å². The first-order valence-corrected chi connectivity index (χ1v) is 17.3. The van der Waals surface area contributed by atoms with E-state index in [4.69, 9.17) is 4.74 Å². The summed E-state index contributed by atoms with van der Waals surface area (Å²) in [4.78, 5) is 24.3. The monoisotopic (exact) mass is 537 g/mol. The summed E-state index contributed by atoms with van der Waals surface area (Å²) in [5.74, 6) is 1.07. The predicted molar refractivity (Wildman–Crippen MR) is 166 cm³/mol. The topological polar surface area (TPSA) is 43.4 Å². The molecule has 0 aliphatic heterocycles. The highest BCUT2D eigenvalue weighted by atomic mass is 16.5. The van der Waals surface area contributed by atoms with E-state index in [0.717, 1.165) is 38.5 Å². The van der Waals surface area contributed by atoms with Crippen molar-refractivity contribution in [2.24, 2.45) is 5.92 Å². The average Bonchev–Trinajstić information content (AvgIpc) is 2.91. The molecule has 0 unspecified atom stereocenters. The van der Waals surface area contributed by atoms with Gasteiger partial charge >= 0.3 is 5.97 Å². The third kappa shape index (κ3) is 28.2. The zero-order chi connectivity index (χ0) is 27.9. The predicted octanol–water partition coefficient (Wildman–Crippen LogP) is 11.7. The molecule has 38 heavy (non-hydrogen) atoms. The molecule has 0 aliphatic carbocycles. The molecule has 0 rings (SSSR count). The second kappa shape index (κ2) is 30.7. The highest BCUT2D eigenvalue weighted by molar-refractivity contribution is 5.78. The highest BCUT2D eigenvalue weighted by Crippen LogP contribution is 2.22. The minimum absolute atomic E-state index is 0.0442. The van der Waals surface area contributed by atoms with Gasteiger partial charge in [-0.3, -0.25) is 9.59 Å². The van der Waals surface area contributed by atoms with E-state index in [0.29, 0.717) is 31.1 Å². The molecule has 0 saturated carbocycles. The number of unbranched alkanes of at least 4 members (excludes halogenated alkanes) is 18. The molecule has 0 aromatic rings. The molecule has 0 N–H and O–H groups in total. The lowest BCUT2D eigenvalue weighted by Crippen LogP contribution is -2.10. The molecule has 0 aromatic heterocycles. The number of Topliss-reactive ketones (excluding diaryl/α,β-unsaturated/α-hetero) is 1. The maximum atomic E-state index is 12.2. The second-order valence-electron chi connectivity index (χ2n) is 12.0. The van der Waals surface area contributed by atoms with Crippen molar-refractivity contribution in [2.45, 2.75) is 201 Å². The third-order valence-electron chi connectivity index (χ3n) is 8.12. The standard InChI is InChI=1S/C35H68O3/c1-4-7-10-13-16-19-23-28-34(36)29-24-20-25-30-35(37)38-32-31-33(26-21-17-14-11-8-5-2)27-22-18-15-12-9-6-3/h33H,4-32H2,1-3H3. The Morgan fingerprint density at radius 3 is 1.29 bits per heavy atom.